The molecule has 0 spiro atoms. The largest absolute Gasteiger partial charge is 0.466 e. The van der Waals surface area contributed by atoms with Gasteiger partial charge in [-0.05, 0) is 12.5 Å². The molecule has 19 heavy (non-hydrogen) atoms. The Morgan fingerprint density at radius 2 is 2.26 bits per heavy atom. The fraction of sp³-hybridized carbons (Fsp3) is 0.429. The number of unbranched alkanes of at least 4 members (excludes halogenated alkanes) is 1. The van der Waals surface area contributed by atoms with Gasteiger partial charge >= 0.3 is 11.9 Å². The second kappa shape index (κ2) is 5.82. The van der Waals surface area contributed by atoms with E-state index in [4.69, 9.17) is 9.47 Å². The molecule has 1 aliphatic rings. The number of benzene rings is 1. The summed E-state index contributed by atoms with van der Waals surface area (Å²) in [4.78, 5) is 23.1. The molecule has 0 saturated heterocycles. The van der Waals surface area contributed by atoms with Crippen molar-refractivity contribution in [3.05, 3.63) is 35.1 Å². The number of fused-ring (bicyclic) bond motifs is 1. The van der Waals surface area contributed by atoms with Crippen LogP contribution in [0.25, 0.3) is 0 Å². The summed E-state index contributed by atoms with van der Waals surface area (Å²) in [5.41, 5.74) is 0.339. The van der Waals surface area contributed by atoms with Crippen molar-refractivity contribution in [2.24, 2.45) is 0 Å². The van der Waals surface area contributed by atoms with Crippen molar-refractivity contribution < 1.29 is 23.5 Å². The summed E-state index contributed by atoms with van der Waals surface area (Å²) in [7, 11) is 0. The lowest BCUT2D eigenvalue weighted by atomic mass is 10.0. The molecule has 1 aliphatic heterocycles. The number of carbonyl (C=O) groups is 2. The summed E-state index contributed by atoms with van der Waals surface area (Å²) >= 11 is 0. The van der Waals surface area contributed by atoms with E-state index in [1.807, 2.05) is 6.92 Å². The van der Waals surface area contributed by atoms with Crippen LogP contribution >= 0.6 is 0 Å². The smallest absolute Gasteiger partial charge is 0.342 e. The first-order chi connectivity index (χ1) is 9.13. The van der Waals surface area contributed by atoms with Crippen molar-refractivity contribution in [3.63, 3.8) is 0 Å². The van der Waals surface area contributed by atoms with Gasteiger partial charge in [0.05, 0.1) is 13.0 Å². The van der Waals surface area contributed by atoms with Crippen LogP contribution in [0.5, 0.6) is 0 Å². The minimum atomic E-state index is -0.743. The fourth-order valence-corrected chi connectivity index (χ4v) is 1.97. The Morgan fingerprint density at radius 3 is 3.00 bits per heavy atom. The van der Waals surface area contributed by atoms with Gasteiger partial charge in [0.1, 0.15) is 17.5 Å². The third-order valence-electron chi connectivity index (χ3n) is 2.96. The van der Waals surface area contributed by atoms with Gasteiger partial charge in [0.25, 0.3) is 0 Å². The van der Waals surface area contributed by atoms with Gasteiger partial charge < -0.3 is 9.47 Å². The molecule has 0 aromatic heterocycles. The number of carbonyl (C=O) groups excluding carboxylic acids is 2. The number of rotatable bonds is 5. The minimum absolute atomic E-state index is 0.0751. The molecule has 5 heteroatoms. The maximum absolute atomic E-state index is 13.5. The molecule has 102 valence electrons. The SMILES string of the molecule is CCCCOC(=O)CC1OC(=O)c2c(F)cccc21. The van der Waals surface area contributed by atoms with Crippen LogP contribution in [0.15, 0.2) is 18.2 Å². The maximum atomic E-state index is 13.5. The highest BCUT2D eigenvalue weighted by molar-refractivity contribution is 5.94. The lowest BCUT2D eigenvalue weighted by molar-refractivity contribution is -0.145. The third kappa shape index (κ3) is 2.92. The molecular weight excluding hydrogens is 251 g/mol. The van der Waals surface area contributed by atoms with Gasteiger partial charge in [-0.3, -0.25) is 4.79 Å². The third-order valence-corrected chi connectivity index (χ3v) is 2.96. The number of cyclic esters (lactones) is 1. The molecule has 2 rings (SSSR count). The van der Waals surface area contributed by atoms with E-state index in [1.165, 1.54) is 12.1 Å². The summed E-state index contributed by atoms with van der Waals surface area (Å²) < 4.78 is 23.5. The number of esters is 2. The predicted molar refractivity (Wildman–Crippen MR) is 65.0 cm³/mol. The first kappa shape index (κ1) is 13.5. The van der Waals surface area contributed by atoms with E-state index >= 15 is 0 Å². The number of hydrogen-bond acceptors (Lipinski definition) is 4. The van der Waals surface area contributed by atoms with Crippen LogP contribution in [0.4, 0.5) is 4.39 Å². The van der Waals surface area contributed by atoms with Gasteiger partial charge in [0.15, 0.2) is 0 Å². The Hall–Kier alpha value is -1.91. The van der Waals surface area contributed by atoms with E-state index in [0.717, 1.165) is 12.8 Å². The standard InChI is InChI=1S/C14H15FO4/c1-2-3-7-18-12(16)8-11-9-5-4-6-10(15)13(9)14(17)19-11/h4-6,11H,2-3,7-8H2,1H3. The normalized spacial score (nSPS) is 16.9. The molecule has 0 saturated carbocycles. The number of halogens is 1. The Bertz CT molecular complexity index is 498. The molecule has 1 atom stereocenters. The maximum Gasteiger partial charge on any atom is 0.342 e. The molecule has 4 nitrogen and oxygen atoms in total. The fourth-order valence-electron chi connectivity index (χ4n) is 1.97. The van der Waals surface area contributed by atoms with Crippen molar-refractivity contribution in [2.45, 2.75) is 32.3 Å². The van der Waals surface area contributed by atoms with Crippen LogP contribution < -0.4 is 0 Å². The van der Waals surface area contributed by atoms with Crippen molar-refractivity contribution in [3.8, 4) is 0 Å². The molecule has 1 heterocycles. The van der Waals surface area contributed by atoms with Crippen molar-refractivity contribution in [2.75, 3.05) is 6.61 Å². The Morgan fingerprint density at radius 1 is 1.47 bits per heavy atom. The lowest BCUT2D eigenvalue weighted by Gasteiger charge is -2.10. The zero-order chi connectivity index (χ0) is 13.8. The molecule has 0 fully saturated rings. The van der Waals surface area contributed by atoms with Gasteiger partial charge in [0, 0.05) is 5.56 Å². The molecule has 0 N–H and O–H groups in total. The molecule has 1 unspecified atom stereocenters. The molecular formula is C14H15FO4. The second-order valence-electron chi connectivity index (χ2n) is 4.38. The van der Waals surface area contributed by atoms with E-state index in [-0.39, 0.29) is 12.0 Å². The zero-order valence-corrected chi connectivity index (χ0v) is 10.6. The summed E-state index contributed by atoms with van der Waals surface area (Å²) in [5.74, 6) is -1.79. The first-order valence-corrected chi connectivity index (χ1v) is 6.28. The van der Waals surface area contributed by atoms with Crippen LogP contribution in [0, 0.1) is 5.82 Å². The highest BCUT2D eigenvalue weighted by atomic mass is 19.1. The first-order valence-electron chi connectivity index (χ1n) is 6.28. The van der Waals surface area contributed by atoms with Gasteiger partial charge in [-0.25, -0.2) is 9.18 Å². The highest BCUT2D eigenvalue weighted by Gasteiger charge is 2.35. The predicted octanol–water partition coefficient (Wildman–Crippen LogP) is 2.77. The van der Waals surface area contributed by atoms with Gasteiger partial charge in [0.2, 0.25) is 0 Å². The molecule has 0 radical (unpaired) electrons. The van der Waals surface area contributed by atoms with Crippen LogP contribution in [0.3, 0.4) is 0 Å². The van der Waals surface area contributed by atoms with E-state index in [1.54, 1.807) is 6.07 Å². The number of ether oxygens (including phenoxy) is 2. The van der Waals surface area contributed by atoms with Crippen LogP contribution in [0.2, 0.25) is 0 Å². The van der Waals surface area contributed by atoms with E-state index < -0.39 is 23.9 Å². The van der Waals surface area contributed by atoms with Crippen molar-refractivity contribution >= 4 is 11.9 Å². The quantitative estimate of drug-likeness (QED) is 0.607. The highest BCUT2D eigenvalue weighted by Crippen LogP contribution is 2.34. The second-order valence-corrected chi connectivity index (χ2v) is 4.38. The zero-order valence-electron chi connectivity index (χ0n) is 10.6. The Balaban J connectivity index is 2.03. The van der Waals surface area contributed by atoms with Crippen LogP contribution in [-0.2, 0) is 14.3 Å². The summed E-state index contributed by atoms with van der Waals surface area (Å²) in [6.45, 7) is 2.34. The van der Waals surface area contributed by atoms with Gasteiger partial charge in [-0.2, -0.15) is 0 Å². The average Bonchev–Trinajstić information content (AvgIpc) is 2.68. The van der Waals surface area contributed by atoms with E-state index in [2.05, 4.69) is 0 Å². The monoisotopic (exact) mass is 266 g/mol. The Kier molecular flexibility index (Phi) is 4.14. The molecule has 0 bridgehead atoms. The topological polar surface area (TPSA) is 52.6 Å². The number of hydrogen-bond donors (Lipinski definition) is 0. The van der Waals surface area contributed by atoms with Crippen molar-refractivity contribution in [1.82, 2.24) is 0 Å². The molecule has 0 amide bonds. The molecule has 0 aliphatic carbocycles. The van der Waals surface area contributed by atoms with Gasteiger partial charge in [-0.1, -0.05) is 25.5 Å². The van der Waals surface area contributed by atoms with Crippen LogP contribution in [0.1, 0.15) is 48.2 Å². The Labute approximate surface area is 110 Å². The summed E-state index contributed by atoms with van der Waals surface area (Å²) in [6.07, 6.45) is 0.903. The summed E-state index contributed by atoms with van der Waals surface area (Å²) in [6, 6.07) is 4.28. The molecule has 1 aromatic rings. The average molecular weight is 266 g/mol. The lowest BCUT2D eigenvalue weighted by Crippen LogP contribution is -2.11. The minimum Gasteiger partial charge on any atom is -0.466 e. The van der Waals surface area contributed by atoms with E-state index in [0.29, 0.717) is 12.2 Å². The van der Waals surface area contributed by atoms with E-state index in [9.17, 15) is 14.0 Å². The summed E-state index contributed by atoms with van der Waals surface area (Å²) in [5, 5.41) is 0. The van der Waals surface area contributed by atoms with Crippen molar-refractivity contribution in [1.29, 1.82) is 0 Å². The molecule has 1 aromatic carbocycles. The van der Waals surface area contributed by atoms with Crippen LogP contribution in [-0.4, -0.2) is 18.5 Å². The van der Waals surface area contributed by atoms with Gasteiger partial charge in [-0.15, -0.1) is 0 Å².